The number of rotatable bonds is 3. The van der Waals surface area contributed by atoms with Gasteiger partial charge >= 0.3 is 0 Å². The molecule has 7 heteroatoms. The number of aromatic nitrogens is 2. The Morgan fingerprint density at radius 2 is 2.08 bits per heavy atom. The fourth-order valence-corrected chi connectivity index (χ4v) is 3.81. The van der Waals surface area contributed by atoms with E-state index in [9.17, 15) is 9.18 Å². The molecular formula is C18H20FN3O3. The smallest absolute Gasteiger partial charge is 0.232 e. The molecule has 2 fully saturated rings. The van der Waals surface area contributed by atoms with Gasteiger partial charge in [0.05, 0.1) is 25.6 Å². The summed E-state index contributed by atoms with van der Waals surface area (Å²) in [5, 5.41) is 3.87. The van der Waals surface area contributed by atoms with Crippen molar-refractivity contribution in [2.24, 2.45) is 11.8 Å². The maximum Gasteiger partial charge on any atom is 0.232 e. The van der Waals surface area contributed by atoms with Crippen LogP contribution in [0.5, 0.6) is 0 Å². The summed E-state index contributed by atoms with van der Waals surface area (Å²) in [7, 11) is 0. The van der Waals surface area contributed by atoms with Crippen LogP contribution in [0.25, 0.3) is 0 Å². The Morgan fingerprint density at radius 1 is 1.28 bits per heavy atom. The van der Waals surface area contributed by atoms with Gasteiger partial charge in [-0.1, -0.05) is 17.3 Å². The number of hydrogen-bond acceptors (Lipinski definition) is 5. The van der Waals surface area contributed by atoms with Gasteiger partial charge in [-0.25, -0.2) is 4.39 Å². The predicted molar refractivity (Wildman–Crippen MR) is 86.3 cm³/mol. The molecule has 0 saturated carbocycles. The van der Waals surface area contributed by atoms with Crippen molar-refractivity contribution in [2.45, 2.75) is 19.3 Å². The van der Waals surface area contributed by atoms with Crippen LogP contribution in [-0.4, -0.2) is 47.3 Å². The van der Waals surface area contributed by atoms with Gasteiger partial charge in [0.1, 0.15) is 5.82 Å². The molecule has 0 unspecified atom stereocenters. The van der Waals surface area contributed by atoms with Crippen LogP contribution in [0.1, 0.15) is 23.2 Å². The molecule has 0 bridgehead atoms. The van der Waals surface area contributed by atoms with Crippen LogP contribution in [0, 0.1) is 24.6 Å². The Hall–Kier alpha value is -2.28. The third-order valence-electron chi connectivity index (χ3n) is 5.12. The molecular weight excluding hydrogens is 325 g/mol. The Bertz CT molecular complexity index is 761. The van der Waals surface area contributed by atoms with E-state index in [-0.39, 0.29) is 35.9 Å². The van der Waals surface area contributed by atoms with Crippen LogP contribution in [-0.2, 0) is 16.0 Å². The Kier molecular flexibility index (Phi) is 4.25. The zero-order chi connectivity index (χ0) is 17.4. The molecule has 132 valence electrons. The highest BCUT2D eigenvalue weighted by atomic mass is 19.1. The Morgan fingerprint density at radius 3 is 2.80 bits per heavy atom. The summed E-state index contributed by atoms with van der Waals surface area (Å²) in [4.78, 5) is 18.9. The van der Waals surface area contributed by atoms with Crippen molar-refractivity contribution in [1.82, 2.24) is 15.0 Å². The van der Waals surface area contributed by atoms with Gasteiger partial charge in [0, 0.05) is 19.0 Å². The number of aryl methyl sites for hydroxylation is 1. The molecule has 2 aliphatic heterocycles. The highest BCUT2D eigenvalue weighted by Crippen LogP contribution is 2.39. The number of amides is 1. The average Bonchev–Trinajstić information content (AvgIpc) is 3.22. The second-order valence-electron chi connectivity index (χ2n) is 6.85. The lowest BCUT2D eigenvalue weighted by Crippen LogP contribution is -2.33. The number of carbonyl (C=O) groups is 1. The van der Waals surface area contributed by atoms with Gasteiger partial charge in [-0.3, -0.25) is 4.79 Å². The number of halogens is 1. The number of ether oxygens (including phenoxy) is 1. The largest absolute Gasteiger partial charge is 0.380 e. The summed E-state index contributed by atoms with van der Waals surface area (Å²) < 4.78 is 24.0. The van der Waals surface area contributed by atoms with Gasteiger partial charge in [0.2, 0.25) is 11.8 Å². The summed E-state index contributed by atoms with van der Waals surface area (Å²) in [6, 6.07) is 6.08. The Balaban J connectivity index is 1.45. The number of fused-ring (bicyclic) bond motifs is 1. The molecule has 2 aromatic rings. The number of benzene rings is 1. The van der Waals surface area contributed by atoms with Crippen LogP contribution in [0.3, 0.4) is 0 Å². The van der Waals surface area contributed by atoms with Crippen molar-refractivity contribution in [3.05, 3.63) is 47.4 Å². The minimum absolute atomic E-state index is 0.0311. The second-order valence-corrected chi connectivity index (χ2v) is 6.85. The van der Waals surface area contributed by atoms with Gasteiger partial charge in [-0.15, -0.1) is 0 Å². The van der Waals surface area contributed by atoms with E-state index in [0.29, 0.717) is 38.0 Å². The van der Waals surface area contributed by atoms with E-state index in [2.05, 4.69) is 10.1 Å². The van der Waals surface area contributed by atoms with Crippen molar-refractivity contribution < 1.29 is 18.4 Å². The predicted octanol–water partition coefficient (Wildman–Crippen LogP) is 1.95. The molecule has 0 spiro atoms. The van der Waals surface area contributed by atoms with Crippen molar-refractivity contribution in [3.8, 4) is 0 Å². The number of hydrogen-bond donors (Lipinski definition) is 0. The van der Waals surface area contributed by atoms with E-state index in [0.717, 1.165) is 5.56 Å². The maximum absolute atomic E-state index is 13.0. The maximum atomic E-state index is 13.0. The summed E-state index contributed by atoms with van der Waals surface area (Å²) in [5.41, 5.74) is 0.821. The van der Waals surface area contributed by atoms with Crippen LogP contribution < -0.4 is 0 Å². The molecule has 1 aromatic heterocycles. The third-order valence-corrected chi connectivity index (χ3v) is 5.12. The summed E-state index contributed by atoms with van der Waals surface area (Å²) in [6.07, 6.45) is 0.283. The molecule has 25 heavy (non-hydrogen) atoms. The fourth-order valence-electron chi connectivity index (χ4n) is 3.81. The van der Waals surface area contributed by atoms with Crippen LogP contribution in [0.2, 0.25) is 0 Å². The van der Waals surface area contributed by atoms with Crippen LogP contribution >= 0.6 is 0 Å². The van der Waals surface area contributed by atoms with Crippen LogP contribution in [0.4, 0.5) is 4.39 Å². The van der Waals surface area contributed by atoms with Crippen molar-refractivity contribution in [2.75, 3.05) is 26.3 Å². The number of carbonyl (C=O) groups excluding carboxylic acids is 1. The van der Waals surface area contributed by atoms with E-state index < -0.39 is 0 Å². The molecule has 6 nitrogen and oxygen atoms in total. The lowest BCUT2D eigenvalue weighted by Gasteiger charge is -2.30. The normalized spacial score (nSPS) is 25.8. The minimum atomic E-state index is -0.293. The molecule has 3 heterocycles. The Labute approximate surface area is 145 Å². The van der Waals surface area contributed by atoms with Gasteiger partial charge in [0.25, 0.3) is 0 Å². The molecule has 2 saturated heterocycles. The first-order chi connectivity index (χ1) is 12.1. The molecule has 2 aliphatic rings. The molecule has 0 N–H and O–H groups in total. The highest BCUT2D eigenvalue weighted by molar-refractivity contribution is 5.79. The van der Waals surface area contributed by atoms with E-state index >= 15 is 0 Å². The molecule has 3 atom stereocenters. The molecule has 0 radical (unpaired) electrons. The zero-order valence-electron chi connectivity index (χ0n) is 14.0. The van der Waals surface area contributed by atoms with Crippen molar-refractivity contribution >= 4 is 5.91 Å². The van der Waals surface area contributed by atoms with E-state index in [1.165, 1.54) is 12.1 Å². The summed E-state index contributed by atoms with van der Waals surface area (Å²) in [6.45, 7) is 4.33. The lowest BCUT2D eigenvalue weighted by atomic mass is 9.83. The van der Waals surface area contributed by atoms with E-state index in [1.807, 2.05) is 4.90 Å². The van der Waals surface area contributed by atoms with Gasteiger partial charge < -0.3 is 14.2 Å². The zero-order valence-corrected chi connectivity index (χ0v) is 14.0. The van der Waals surface area contributed by atoms with Gasteiger partial charge in [-0.2, -0.15) is 4.98 Å². The topological polar surface area (TPSA) is 68.5 Å². The number of nitrogens with zero attached hydrogens (tertiary/aromatic N) is 3. The average molecular weight is 345 g/mol. The first-order valence-corrected chi connectivity index (χ1v) is 8.50. The van der Waals surface area contributed by atoms with Gasteiger partial charge in [-0.05, 0) is 30.5 Å². The van der Waals surface area contributed by atoms with Crippen molar-refractivity contribution in [3.63, 3.8) is 0 Å². The molecule has 4 rings (SSSR count). The van der Waals surface area contributed by atoms with Gasteiger partial charge in [0.15, 0.2) is 5.82 Å². The molecule has 0 aliphatic carbocycles. The molecule has 1 amide bonds. The lowest BCUT2D eigenvalue weighted by molar-refractivity contribution is -0.129. The van der Waals surface area contributed by atoms with Crippen molar-refractivity contribution in [1.29, 1.82) is 0 Å². The minimum Gasteiger partial charge on any atom is -0.380 e. The monoisotopic (exact) mass is 345 g/mol. The second kappa shape index (κ2) is 6.55. The molecule has 1 aromatic carbocycles. The van der Waals surface area contributed by atoms with E-state index in [1.54, 1.807) is 19.1 Å². The first-order valence-electron chi connectivity index (χ1n) is 8.50. The summed E-state index contributed by atoms with van der Waals surface area (Å²) in [5.74, 6) is 1.55. The first kappa shape index (κ1) is 16.2. The fraction of sp³-hybridized carbons (Fsp3) is 0.500. The standard InChI is InChI=1S/C18H20FN3O3/c1-11-20-18(25-21-11)16-10-24-9-13-7-22(8-15(13)16)17(23)6-12-2-4-14(19)5-3-12/h2-5,13,15-16H,6-10H2,1H3/t13-,15-,16-/m0/s1. The van der Waals surface area contributed by atoms with Crippen LogP contribution in [0.15, 0.2) is 28.8 Å². The van der Waals surface area contributed by atoms with E-state index in [4.69, 9.17) is 9.26 Å². The quantitative estimate of drug-likeness (QED) is 0.850. The number of likely N-dealkylation sites (tertiary alicyclic amines) is 1. The SMILES string of the molecule is Cc1noc([C@H]2COC[C@@H]3CN(C(=O)Cc4ccc(F)cc4)C[C@@H]32)n1. The summed E-state index contributed by atoms with van der Waals surface area (Å²) >= 11 is 0. The highest BCUT2D eigenvalue weighted by Gasteiger charge is 2.44. The third kappa shape index (κ3) is 3.28.